The van der Waals surface area contributed by atoms with E-state index in [0.29, 0.717) is 18.0 Å². The molecule has 0 aliphatic heterocycles. The Balaban J connectivity index is 2.30. The van der Waals surface area contributed by atoms with Crippen LogP contribution in [0.25, 0.3) is 0 Å². The van der Waals surface area contributed by atoms with Crippen LogP contribution in [0.15, 0.2) is 35.2 Å². The zero-order valence-corrected chi connectivity index (χ0v) is 14.1. The molecule has 0 saturated heterocycles. The van der Waals surface area contributed by atoms with Crippen LogP contribution in [0.3, 0.4) is 0 Å². The highest BCUT2D eigenvalue weighted by atomic mass is 32.2. The third-order valence-electron chi connectivity index (χ3n) is 3.47. The van der Waals surface area contributed by atoms with Gasteiger partial charge in [0, 0.05) is 29.9 Å². The lowest BCUT2D eigenvalue weighted by molar-refractivity contribution is 0.466. The van der Waals surface area contributed by atoms with Crippen molar-refractivity contribution in [2.45, 2.75) is 31.8 Å². The minimum Gasteiger partial charge on any atom is -0.326 e. The van der Waals surface area contributed by atoms with E-state index in [1.54, 1.807) is 13.1 Å². The average molecular weight is 324 g/mol. The summed E-state index contributed by atoms with van der Waals surface area (Å²) in [4.78, 5) is 2.03. The van der Waals surface area contributed by atoms with Gasteiger partial charge in [-0.2, -0.15) is 4.31 Å². The summed E-state index contributed by atoms with van der Waals surface area (Å²) in [6, 6.07) is 9.49. The first kappa shape index (κ1) is 16.2. The van der Waals surface area contributed by atoms with Gasteiger partial charge in [0.2, 0.25) is 10.0 Å². The number of hydrogen-bond acceptors (Lipinski definition) is 4. The van der Waals surface area contributed by atoms with Crippen LogP contribution in [-0.2, 0) is 23.1 Å². The maximum Gasteiger partial charge on any atom is 0.244 e. The predicted molar refractivity (Wildman–Crippen MR) is 86.8 cm³/mol. The molecule has 0 amide bonds. The van der Waals surface area contributed by atoms with Gasteiger partial charge in [-0.1, -0.05) is 24.3 Å². The first-order valence-electron chi connectivity index (χ1n) is 6.66. The monoisotopic (exact) mass is 324 g/mol. The van der Waals surface area contributed by atoms with Crippen LogP contribution in [-0.4, -0.2) is 19.8 Å². The van der Waals surface area contributed by atoms with Crippen molar-refractivity contribution in [1.29, 1.82) is 0 Å². The van der Waals surface area contributed by atoms with Gasteiger partial charge < -0.3 is 5.73 Å². The van der Waals surface area contributed by atoms with E-state index in [1.807, 2.05) is 38.1 Å². The SMILES string of the molecule is Cc1ccccc1CN(C)S(=O)(=O)c1cc(CN)sc1C. The predicted octanol–water partition coefficient (Wildman–Crippen LogP) is 2.64. The third-order valence-corrected chi connectivity index (χ3v) is 6.60. The molecule has 21 heavy (non-hydrogen) atoms. The van der Waals surface area contributed by atoms with Gasteiger partial charge >= 0.3 is 0 Å². The number of benzene rings is 1. The van der Waals surface area contributed by atoms with Crippen molar-refractivity contribution in [3.05, 3.63) is 51.2 Å². The topological polar surface area (TPSA) is 63.4 Å². The Hall–Kier alpha value is -1.21. The van der Waals surface area contributed by atoms with Gasteiger partial charge in [-0.3, -0.25) is 0 Å². The fourth-order valence-electron chi connectivity index (χ4n) is 2.16. The molecule has 4 nitrogen and oxygen atoms in total. The Morgan fingerprint density at radius 2 is 1.90 bits per heavy atom. The molecule has 0 bridgehead atoms. The van der Waals surface area contributed by atoms with E-state index < -0.39 is 10.0 Å². The molecule has 6 heteroatoms. The summed E-state index contributed by atoms with van der Waals surface area (Å²) >= 11 is 1.44. The van der Waals surface area contributed by atoms with Crippen LogP contribution < -0.4 is 5.73 Å². The molecule has 0 aliphatic rings. The Labute approximate surface area is 130 Å². The maximum absolute atomic E-state index is 12.7. The molecule has 0 aliphatic carbocycles. The maximum atomic E-state index is 12.7. The lowest BCUT2D eigenvalue weighted by Gasteiger charge is -2.18. The average Bonchev–Trinajstić information content (AvgIpc) is 2.83. The third kappa shape index (κ3) is 3.35. The molecule has 0 atom stereocenters. The summed E-state index contributed by atoms with van der Waals surface area (Å²) in [6.07, 6.45) is 0. The van der Waals surface area contributed by atoms with E-state index in [1.165, 1.54) is 15.6 Å². The Bertz CT molecular complexity index is 736. The van der Waals surface area contributed by atoms with E-state index in [2.05, 4.69) is 0 Å². The van der Waals surface area contributed by atoms with Crippen LogP contribution >= 0.6 is 11.3 Å². The lowest BCUT2D eigenvalue weighted by atomic mass is 10.1. The number of thiophene rings is 1. The second-order valence-corrected chi connectivity index (χ2v) is 8.38. The lowest BCUT2D eigenvalue weighted by Crippen LogP contribution is -2.27. The molecule has 1 heterocycles. The number of sulfonamides is 1. The summed E-state index contributed by atoms with van der Waals surface area (Å²) < 4.78 is 26.8. The van der Waals surface area contributed by atoms with Gasteiger partial charge in [0.25, 0.3) is 0 Å². The van der Waals surface area contributed by atoms with Gasteiger partial charge in [-0.05, 0) is 31.0 Å². The van der Waals surface area contributed by atoms with Crippen molar-refractivity contribution in [3.8, 4) is 0 Å². The van der Waals surface area contributed by atoms with Crippen molar-refractivity contribution in [2.75, 3.05) is 7.05 Å². The van der Waals surface area contributed by atoms with Crippen molar-refractivity contribution in [1.82, 2.24) is 4.31 Å². The van der Waals surface area contributed by atoms with Crippen molar-refractivity contribution in [3.63, 3.8) is 0 Å². The zero-order chi connectivity index (χ0) is 15.6. The minimum absolute atomic E-state index is 0.363. The minimum atomic E-state index is -3.49. The molecule has 114 valence electrons. The smallest absolute Gasteiger partial charge is 0.244 e. The zero-order valence-electron chi connectivity index (χ0n) is 12.5. The number of rotatable bonds is 5. The molecule has 2 aromatic rings. The summed E-state index contributed by atoms with van der Waals surface area (Å²) in [5, 5.41) is 0. The highest BCUT2D eigenvalue weighted by molar-refractivity contribution is 7.89. The molecular weight excluding hydrogens is 304 g/mol. The molecule has 1 aromatic heterocycles. The van der Waals surface area contributed by atoms with E-state index in [0.717, 1.165) is 20.9 Å². The van der Waals surface area contributed by atoms with Crippen LogP contribution in [0.1, 0.15) is 20.9 Å². The van der Waals surface area contributed by atoms with E-state index >= 15 is 0 Å². The van der Waals surface area contributed by atoms with E-state index in [4.69, 9.17) is 5.73 Å². The second-order valence-electron chi connectivity index (χ2n) is 5.02. The molecule has 1 aromatic carbocycles. The van der Waals surface area contributed by atoms with Gasteiger partial charge in [-0.25, -0.2) is 8.42 Å². The summed E-state index contributed by atoms with van der Waals surface area (Å²) in [5.74, 6) is 0. The molecule has 2 N–H and O–H groups in total. The summed E-state index contributed by atoms with van der Waals surface area (Å²) in [5.41, 5.74) is 7.69. The van der Waals surface area contributed by atoms with Gasteiger partial charge in [0.1, 0.15) is 0 Å². The second kappa shape index (κ2) is 6.27. The standard InChI is InChI=1S/C15H20N2O2S2/c1-11-6-4-5-7-13(11)10-17(3)21(18,19)15-8-14(9-16)20-12(15)2/h4-8H,9-10,16H2,1-3H3. The molecule has 0 unspecified atom stereocenters. The molecular formula is C15H20N2O2S2. The Morgan fingerprint density at radius 1 is 1.24 bits per heavy atom. The van der Waals surface area contributed by atoms with Crippen LogP contribution in [0.4, 0.5) is 0 Å². The van der Waals surface area contributed by atoms with E-state index in [9.17, 15) is 8.42 Å². The first-order valence-corrected chi connectivity index (χ1v) is 8.92. The summed E-state index contributed by atoms with van der Waals surface area (Å²) in [7, 11) is -1.87. The fraction of sp³-hybridized carbons (Fsp3) is 0.333. The van der Waals surface area contributed by atoms with E-state index in [-0.39, 0.29) is 0 Å². The largest absolute Gasteiger partial charge is 0.326 e. The number of nitrogens with two attached hydrogens (primary N) is 1. The van der Waals surface area contributed by atoms with Crippen molar-refractivity contribution < 1.29 is 8.42 Å². The van der Waals surface area contributed by atoms with Crippen molar-refractivity contribution in [2.24, 2.45) is 5.73 Å². The number of aryl methyl sites for hydroxylation is 2. The highest BCUT2D eigenvalue weighted by Gasteiger charge is 2.25. The van der Waals surface area contributed by atoms with Crippen LogP contribution in [0, 0.1) is 13.8 Å². The van der Waals surface area contributed by atoms with Gasteiger partial charge in [-0.15, -0.1) is 11.3 Å². The molecule has 0 saturated carbocycles. The number of nitrogens with zero attached hydrogens (tertiary/aromatic N) is 1. The molecule has 0 spiro atoms. The fourth-order valence-corrected chi connectivity index (χ4v) is 4.79. The number of hydrogen-bond donors (Lipinski definition) is 1. The van der Waals surface area contributed by atoms with Crippen LogP contribution in [0.5, 0.6) is 0 Å². The summed E-state index contributed by atoms with van der Waals surface area (Å²) in [6.45, 7) is 4.53. The molecule has 0 radical (unpaired) electrons. The quantitative estimate of drug-likeness (QED) is 0.919. The Morgan fingerprint density at radius 3 is 2.48 bits per heavy atom. The highest BCUT2D eigenvalue weighted by Crippen LogP contribution is 2.28. The van der Waals surface area contributed by atoms with Crippen LogP contribution in [0.2, 0.25) is 0 Å². The van der Waals surface area contributed by atoms with Crippen molar-refractivity contribution >= 4 is 21.4 Å². The normalized spacial score (nSPS) is 12.0. The van der Waals surface area contributed by atoms with Gasteiger partial charge in [0.15, 0.2) is 0 Å². The first-order chi connectivity index (χ1) is 9.86. The molecule has 2 rings (SSSR count). The van der Waals surface area contributed by atoms with Gasteiger partial charge in [0.05, 0.1) is 4.90 Å². The Kier molecular flexibility index (Phi) is 4.83. The molecule has 0 fully saturated rings.